The maximum Gasteiger partial charge on any atom is 0.254 e. The van der Waals surface area contributed by atoms with Gasteiger partial charge in [0.25, 0.3) is 5.91 Å². The van der Waals surface area contributed by atoms with Crippen LogP contribution in [-0.2, 0) is 9.47 Å². The topological polar surface area (TPSA) is 38.8 Å². The minimum atomic E-state index is 0.107. The predicted molar refractivity (Wildman–Crippen MR) is 91.9 cm³/mol. The standard InChI is InChI=1S/C19H29NO3/c1-15-5-6-16(2)17(13-15)18(21)20(9-12-22-4)14-19(3)7-10-23-11-8-19/h5-6,13H,7-12,14H2,1-4H3. The highest BCUT2D eigenvalue weighted by Crippen LogP contribution is 2.31. The molecule has 0 atom stereocenters. The lowest BCUT2D eigenvalue weighted by molar-refractivity contribution is 0.00272. The van der Waals surface area contributed by atoms with Crippen LogP contribution < -0.4 is 0 Å². The molecule has 0 saturated carbocycles. The summed E-state index contributed by atoms with van der Waals surface area (Å²) in [5.74, 6) is 0.107. The monoisotopic (exact) mass is 319 g/mol. The number of carbonyl (C=O) groups excluding carboxylic acids is 1. The fourth-order valence-corrected chi connectivity index (χ4v) is 3.07. The highest BCUT2D eigenvalue weighted by Gasteiger charge is 2.32. The van der Waals surface area contributed by atoms with Crippen LogP contribution in [0.3, 0.4) is 0 Å². The van der Waals surface area contributed by atoms with E-state index in [1.54, 1.807) is 7.11 Å². The first-order chi connectivity index (χ1) is 10.9. The number of amides is 1. The average Bonchev–Trinajstić information content (AvgIpc) is 2.53. The van der Waals surface area contributed by atoms with E-state index in [-0.39, 0.29) is 11.3 Å². The summed E-state index contributed by atoms with van der Waals surface area (Å²) in [4.78, 5) is 15.0. The number of aryl methyl sites for hydroxylation is 2. The molecule has 1 heterocycles. The zero-order valence-electron chi connectivity index (χ0n) is 14.9. The van der Waals surface area contributed by atoms with E-state index < -0.39 is 0 Å². The van der Waals surface area contributed by atoms with Crippen molar-refractivity contribution in [2.24, 2.45) is 5.41 Å². The molecule has 0 radical (unpaired) electrons. The van der Waals surface area contributed by atoms with E-state index in [0.717, 1.165) is 49.3 Å². The molecule has 128 valence electrons. The van der Waals surface area contributed by atoms with Crippen LogP contribution in [-0.4, -0.2) is 50.8 Å². The van der Waals surface area contributed by atoms with Crippen molar-refractivity contribution in [3.63, 3.8) is 0 Å². The van der Waals surface area contributed by atoms with Crippen molar-refractivity contribution in [3.8, 4) is 0 Å². The van der Waals surface area contributed by atoms with E-state index >= 15 is 0 Å². The first-order valence-corrected chi connectivity index (χ1v) is 8.38. The maximum atomic E-state index is 13.1. The molecular formula is C19H29NO3. The van der Waals surface area contributed by atoms with Crippen molar-refractivity contribution in [1.82, 2.24) is 4.90 Å². The Morgan fingerprint density at radius 1 is 1.30 bits per heavy atom. The molecule has 23 heavy (non-hydrogen) atoms. The lowest BCUT2D eigenvalue weighted by Gasteiger charge is -2.38. The third-order valence-corrected chi connectivity index (χ3v) is 4.75. The Bertz CT molecular complexity index is 535. The summed E-state index contributed by atoms with van der Waals surface area (Å²) >= 11 is 0. The third kappa shape index (κ3) is 4.79. The SMILES string of the molecule is COCCN(CC1(C)CCOCC1)C(=O)c1cc(C)ccc1C. The molecule has 0 spiro atoms. The number of methoxy groups -OCH3 is 1. The second-order valence-electron chi connectivity index (χ2n) is 6.96. The average molecular weight is 319 g/mol. The first-order valence-electron chi connectivity index (χ1n) is 8.38. The molecule has 0 aromatic heterocycles. The van der Waals surface area contributed by atoms with Crippen molar-refractivity contribution < 1.29 is 14.3 Å². The zero-order valence-corrected chi connectivity index (χ0v) is 14.9. The van der Waals surface area contributed by atoms with Gasteiger partial charge in [-0.2, -0.15) is 0 Å². The van der Waals surface area contributed by atoms with Gasteiger partial charge in [0, 0.05) is 39.0 Å². The van der Waals surface area contributed by atoms with E-state index in [4.69, 9.17) is 9.47 Å². The van der Waals surface area contributed by atoms with Gasteiger partial charge in [-0.3, -0.25) is 4.79 Å². The van der Waals surface area contributed by atoms with E-state index in [1.165, 1.54) is 0 Å². The summed E-state index contributed by atoms with van der Waals surface area (Å²) in [5.41, 5.74) is 3.07. The number of nitrogens with zero attached hydrogens (tertiary/aromatic N) is 1. The fourth-order valence-electron chi connectivity index (χ4n) is 3.07. The van der Waals surface area contributed by atoms with Crippen LogP contribution in [0.15, 0.2) is 18.2 Å². The molecule has 1 saturated heterocycles. The van der Waals surface area contributed by atoms with Gasteiger partial charge in [0.15, 0.2) is 0 Å². The minimum Gasteiger partial charge on any atom is -0.383 e. The van der Waals surface area contributed by atoms with Crippen molar-refractivity contribution in [2.75, 3.05) is 40.0 Å². The molecule has 1 aliphatic rings. The van der Waals surface area contributed by atoms with Crippen LogP contribution in [0.25, 0.3) is 0 Å². The highest BCUT2D eigenvalue weighted by atomic mass is 16.5. The van der Waals surface area contributed by atoms with Gasteiger partial charge in [0.05, 0.1) is 6.61 Å². The van der Waals surface area contributed by atoms with Gasteiger partial charge in [-0.05, 0) is 43.7 Å². The van der Waals surface area contributed by atoms with Crippen molar-refractivity contribution in [1.29, 1.82) is 0 Å². The quantitative estimate of drug-likeness (QED) is 0.808. The Hall–Kier alpha value is -1.39. The van der Waals surface area contributed by atoms with Gasteiger partial charge in [-0.15, -0.1) is 0 Å². The van der Waals surface area contributed by atoms with Gasteiger partial charge in [0.2, 0.25) is 0 Å². The van der Waals surface area contributed by atoms with Crippen LogP contribution in [0, 0.1) is 19.3 Å². The summed E-state index contributed by atoms with van der Waals surface area (Å²) < 4.78 is 10.7. The first kappa shape index (κ1) is 18.0. The minimum absolute atomic E-state index is 0.107. The van der Waals surface area contributed by atoms with Crippen molar-refractivity contribution >= 4 is 5.91 Å². The number of hydrogen-bond acceptors (Lipinski definition) is 3. The van der Waals surface area contributed by atoms with Crippen LogP contribution in [0.4, 0.5) is 0 Å². The number of rotatable bonds is 6. The number of ether oxygens (including phenoxy) is 2. The zero-order chi connectivity index (χ0) is 16.9. The summed E-state index contributed by atoms with van der Waals surface area (Å²) in [6.45, 7) is 9.78. The van der Waals surface area contributed by atoms with Crippen LogP contribution in [0.2, 0.25) is 0 Å². The van der Waals surface area contributed by atoms with E-state index in [9.17, 15) is 4.79 Å². The molecule has 1 amide bonds. The molecule has 1 aromatic carbocycles. The molecule has 0 aliphatic carbocycles. The van der Waals surface area contributed by atoms with Crippen LogP contribution >= 0.6 is 0 Å². The number of benzene rings is 1. The molecule has 4 nitrogen and oxygen atoms in total. The largest absolute Gasteiger partial charge is 0.383 e. The molecule has 1 aromatic rings. The molecular weight excluding hydrogens is 290 g/mol. The Kier molecular flexibility index (Phi) is 6.19. The van der Waals surface area contributed by atoms with Crippen molar-refractivity contribution in [3.05, 3.63) is 34.9 Å². The van der Waals surface area contributed by atoms with Gasteiger partial charge in [-0.1, -0.05) is 24.6 Å². The predicted octanol–water partition coefficient (Wildman–Crippen LogP) is 3.21. The molecule has 1 fully saturated rings. The molecule has 0 N–H and O–H groups in total. The molecule has 1 aliphatic heterocycles. The lowest BCUT2D eigenvalue weighted by atomic mass is 9.81. The third-order valence-electron chi connectivity index (χ3n) is 4.75. The van der Waals surface area contributed by atoms with Gasteiger partial charge >= 0.3 is 0 Å². The van der Waals surface area contributed by atoms with Gasteiger partial charge in [0.1, 0.15) is 0 Å². The normalized spacial score (nSPS) is 17.0. The molecule has 2 rings (SSSR count). The molecule has 0 unspecified atom stereocenters. The summed E-state index contributed by atoms with van der Waals surface area (Å²) in [7, 11) is 1.68. The van der Waals surface area contributed by atoms with E-state index in [2.05, 4.69) is 6.92 Å². The Morgan fingerprint density at radius 3 is 2.65 bits per heavy atom. The summed E-state index contributed by atoms with van der Waals surface area (Å²) in [5, 5.41) is 0. The van der Waals surface area contributed by atoms with E-state index in [1.807, 2.05) is 36.9 Å². The molecule has 4 heteroatoms. The number of hydrogen-bond donors (Lipinski definition) is 0. The van der Waals surface area contributed by atoms with Gasteiger partial charge in [-0.25, -0.2) is 0 Å². The Balaban J connectivity index is 2.19. The van der Waals surface area contributed by atoms with Gasteiger partial charge < -0.3 is 14.4 Å². The van der Waals surface area contributed by atoms with Crippen LogP contribution in [0.5, 0.6) is 0 Å². The van der Waals surface area contributed by atoms with Crippen molar-refractivity contribution in [2.45, 2.75) is 33.6 Å². The maximum absolute atomic E-state index is 13.1. The molecule has 0 bridgehead atoms. The Morgan fingerprint density at radius 2 is 2.00 bits per heavy atom. The highest BCUT2D eigenvalue weighted by molar-refractivity contribution is 5.95. The lowest BCUT2D eigenvalue weighted by Crippen LogP contribution is -2.44. The summed E-state index contributed by atoms with van der Waals surface area (Å²) in [6, 6.07) is 6.06. The summed E-state index contributed by atoms with van der Waals surface area (Å²) in [6.07, 6.45) is 1.99. The smallest absolute Gasteiger partial charge is 0.254 e. The van der Waals surface area contributed by atoms with E-state index in [0.29, 0.717) is 13.2 Å². The fraction of sp³-hybridized carbons (Fsp3) is 0.632. The Labute approximate surface area is 139 Å². The number of carbonyl (C=O) groups is 1. The van der Waals surface area contributed by atoms with Crippen LogP contribution in [0.1, 0.15) is 41.3 Å². The second kappa shape index (κ2) is 7.93. The second-order valence-corrected chi connectivity index (χ2v) is 6.96.